The van der Waals surface area contributed by atoms with E-state index in [1.165, 1.54) is 16.5 Å². The average molecular weight is 258 g/mol. The van der Waals surface area contributed by atoms with Gasteiger partial charge in [0, 0.05) is 6.61 Å². The smallest absolute Gasteiger partial charge is 0.106 e. The van der Waals surface area contributed by atoms with Crippen LogP contribution >= 0.6 is 0 Å². The molecule has 100 valence electrons. The van der Waals surface area contributed by atoms with Crippen molar-refractivity contribution in [1.82, 2.24) is 0 Å². The lowest BCUT2D eigenvalue weighted by Gasteiger charge is -2.19. The quantitative estimate of drug-likeness (QED) is 0.782. The zero-order valence-corrected chi connectivity index (χ0v) is 10.7. The molecule has 3 rings (SSSR count). The third kappa shape index (κ3) is 2.04. The molecule has 19 heavy (non-hydrogen) atoms. The molecule has 1 aliphatic rings. The minimum atomic E-state index is -0.947. The molecule has 0 fully saturated rings. The summed E-state index contributed by atoms with van der Waals surface area (Å²) in [5.41, 5.74) is 3.39. The van der Waals surface area contributed by atoms with Crippen LogP contribution < -0.4 is 0 Å². The van der Waals surface area contributed by atoms with Gasteiger partial charge in [0.2, 0.25) is 0 Å². The first-order valence-corrected chi connectivity index (χ1v) is 6.72. The second kappa shape index (κ2) is 4.93. The molecule has 2 atom stereocenters. The van der Waals surface area contributed by atoms with Crippen LogP contribution in [0.25, 0.3) is 10.8 Å². The Morgan fingerprint density at radius 3 is 2.47 bits per heavy atom. The molecule has 3 heteroatoms. The molecule has 0 amide bonds. The van der Waals surface area contributed by atoms with Crippen molar-refractivity contribution >= 4 is 10.8 Å². The first-order valence-electron chi connectivity index (χ1n) is 6.72. The van der Waals surface area contributed by atoms with Crippen molar-refractivity contribution in [3.05, 3.63) is 47.0 Å². The van der Waals surface area contributed by atoms with Gasteiger partial charge in [0.15, 0.2) is 0 Å². The van der Waals surface area contributed by atoms with Gasteiger partial charge in [-0.15, -0.1) is 0 Å². The Bertz CT molecular complexity index is 596. The van der Waals surface area contributed by atoms with Crippen molar-refractivity contribution < 1.29 is 15.3 Å². The normalized spacial score (nSPS) is 16.8. The van der Waals surface area contributed by atoms with Crippen LogP contribution in [0.1, 0.15) is 29.2 Å². The van der Waals surface area contributed by atoms with Crippen LogP contribution in [0.2, 0.25) is 0 Å². The van der Waals surface area contributed by atoms with Gasteiger partial charge in [-0.1, -0.05) is 30.3 Å². The summed E-state index contributed by atoms with van der Waals surface area (Å²) >= 11 is 0. The molecule has 3 N–H and O–H groups in total. The summed E-state index contributed by atoms with van der Waals surface area (Å²) in [7, 11) is 0. The van der Waals surface area contributed by atoms with Crippen molar-refractivity contribution in [3.8, 4) is 0 Å². The molecular formula is C16H18O3. The molecule has 2 aromatic carbocycles. The predicted octanol–water partition coefficient (Wildman–Crippen LogP) is 1.72. The molecule has 0 bridgehead atoms. The van der Waals surface area contributed by atoms with Gasteiger partial charge < -0.3 is 15.3 Å². The van der Waals surface area contributed by atoms with E-state index in [4.69, 9.17) is 5.11 Å². The molecule has 0 aliphatic heterocycles. The Hall–Kier alpha value is -1.42. The number of hydrogen-bond acceptors (Lipinski definition) is 3. The molecular weight excluding hydrogens is 240 g/mol. The monoisotopic (exact) mass is 258 g/mol. The SMILES string of the molecule is OCCC(O)C(O)c1ccc2c3c(cccc13)CC2. The lowest BCUT2D eigenvalue weighted by Crippen LogP contribution is -2.19. The Morgan fingerprint density at radius 2 is 1.74 bits per heavy atom. The van der Waals surface area contributed by atoms with E-state index in [0.717, 1.165) is 23.8 Å². The van der Waals surface area contributed by atoms with Crippen LogP contribution in [0, 0.1) is 0 Å². The predicted molar refractivity (Wildman–Crippen MR) is 74.0 cm³/mol. The van der Waals surface area contributed by atoms with Gasteiger partial charge >= 0.3 is 0 Å². The van der Waals surface area contributed by atoms with Crippen molar-refractivity contribution in [2.24, 2.45) is 0 Å². The van der Waals surface area contributed by atoms with Gasteiger partial charge in [-0.05, 0) is 46.7 Å². The topological polar surface area (TPSA) is 60.7 Å². The van der Waals surface area contributed by atoms with Crippen LogP contribution in [-0.2, 0) is 12.8 Å². The maximum Gasteiger partial charge on any atom is 0.106 e. The minimum Gasteiger partial charge on any atom is -0.396 e. The summed E-state index contributed by atoms with van der Waals surface area (Å²) in [4.78, 5) is 0. The van der Waals surface area contributed by atoms with Crippen molar-refractivity contribution in [2.45, 2.75) is 31.5 Å². The van der Waals surface area contributed by atoms with Crippen molar-refractivity contribution in [3.63, 3.8) is 0 Å². The number of aliphatic hydroxyl groups is 3. The molecule has 2 aromatic rings. The Labute approximate surface area is 112 Å². The van der Waals surface area contributed by atoms with Gasteiger partial charge in [0.25, 0.3) is 0 Å². The van der Waals surface area contributed by atoms with E-state index >= 15 is 0 Å². The van der Waals surface area contributed by atoms with E-state index in [0.29, 0.717) is 0 Å². The summed E-state index contributed by atoms with van der Waals surface area (Å²) in [5, 5.41) is 31.3. The largest absolute Gasteiger partial charge is 0.396 e. The first kappa shape index (κ1) is 12.6. The molecule has 0 saturated heterocycles. The average Bonchev–Trinajstić information content (AvgIpc) is 2.84. The van der Waals surface area contributed by atoms with Crippen molar-refractivity contribution in [2.75, 3.05) is 6.61 Å². The third-order valence-electron chi connectivity index (χ3n) is 4.02. The van der Waals surface area contributed by atoms with Crippen LogP contribution in [0.5, 0.6) is 0 Å². The zero-order valence-electron chi connectivity index (χ0n) is 10.7. The van der Waals surface area contributed by atoms with Crippen LogP contribution in [0.15, 0.2) is 30.3 Å². The van der Waals surface area contributed by atoms with Crippen LogP contribution in [0.4, 0.5) is 0 Å². The highest BCUT2D eigenvalue weighted by molar-refractivity contribution is 5.93. The first-order chi connectivity index (χ1) is 9.22. The lowest BCUT2D eigenvalue weighted by molar-refractivity contribution is 0.00500. The number of hydrogen-bond donors (Lipinski definition) is 3. The molecule has 0 spiro atoms. The fourth-order valence-electron chi connectivity index (χ4n) is 3.02. The molecule has 2 unspecified atom stereocenters. The van der Waals surface area contributed by atoms with Gasteiger partial charge in [-0.25, -0.2) is 0 Å². The van der Waals surface area contributed by atoms with E-state index in [1.807, 2.05) is 24.3 Å². The molecule has 1 aliphatic carbocycles. The summed E-state index contributed by atoms with van der Waals surface area (Å²) in [6, 6.07) is 10.1. The van der Waals surface area contributed by atoms with E-state index in [2.05, 4.69) is 6.07 Å². The van der Waals surface area contributed by atoms with E-state index < -0.39 is 12.2 Å². The summed E-state index contributed by atoms with van der Waals surface area (Å²) in [5.74, 6) is 0. The highest BCUT2D eigenvalue weighted by Crippen LogP contribution is 2.35. The molecule has 0 aromatic heterocycles. The van der Waals surface area contributed by atoms with Gasteiger partial charge in [-0.3, -0.25) is 0 Å². The van der Waals surface area contributed by atoms with Crippen LogP contribution in [0.3, 0.4) is 0 Å². The van der Waals surface area contributed by atoms with Gasteiger partial charge in [0.1, 0.15) is 6.10 Å². The molecule has 0 radical (unpaired) electrons. The summed E-state index contributed by atoms with van der Waals surface area (Å²) in [6.07, 6.45) is 0.404. The Kier molecular flexibility index (Phi) is 3.27. The van der Waals surface area contributed by atoms with Gasteiger partial charge in [-0.2, -0.15) is 0 Å². The molecule has 3 nitrogen and oxygen atoms in total. The Balaban J connectivity index is 2.11. The number of aliphatic hydroxyl groups excluding tert-OH is 3. The van der Waals surface area contributed by atoms with E-state index in [9.17, 15) is 10.2 Å². The summed E-state index contributed by atoms with van der Waals surface area (Å²) in [6.45, 7) is -0.126. The third-order valence-corrected chi connectivity index (χ3v) is 4.02. The molecule has 0 saturated carbocycles. The van der Waals surface area contributed by atoms with Gasteiger partial charge in [0.05, 0.1) is 6.10 Å². The number of rotatable bonds is 4. The Morgan fingerprint density at radius 1 is 1.00 bits per heavy atom. The maximum absolute atomic E-state index is 10.3. The number of benzene rings is 2. The van der Waals surface area contributed by atoms with Crippen LogP contribution in [-0.4, -0.2) is 28.0 Å². The second-order valence-electron chi connectivity index (χ2n) is 5.18. The zero-order chi connectivity index (χ0) is 13.4. The lowest BCUT2D eigenvalue weighted by atomic mass is 9.94. The number of aryl methyl sites for hydroxylation is 2. The van der Waals surface area contributed by atoms with E-state index in [-0.39, 0.29) is 13.0 Å². The minimum absolute atomic E-state index is 0.126. The maximum atomic E-state index is 10.3. The van der Waals surface area contributed by atoms with Crippen molar-refractivity contribution in [1.29, 1.82) is 0 Å². The summed E-state index contributed by atoms with van der Waals surface area (Å²) < 4.78 is 0. The van der Waals surface area contributed by atoms with E-state index in [1.54, 1.807) is 0 Å². The standard InChI is InChI=1S/C16H18O3/c17-9-8-14(18)16(19)13-7-6-11-5-4-10-2-1-3-12(13)15(10)11/h1-3,6-7,14,16-19H,4-5,8-9H2. The fourth-order valence-corrected chi connectivity index (χ4v) is 3.02. The molecule has 0 heterocycles. The highest BCUT2D eigenvalue weighted by Gasteiger charge is 2.23. The second-order valence-corrected chi connectivity index (χ2v) is 5.18. The fraction of sp³-hybridized carbons (Fsp3) is 0.375. The highest BCUT2D eigenvalue weighted by atomic mass is 16.3.